The van der Waals surface area contributed by atoms with E-state index in [2.05, 4.69) is 15.4 Å². The fraction of sp³-hybridized carbons (Fsp3) is 0.0968. The Bertz CT molecular complexity index is 2110. The second kappa shape index (κ2) is 10.3. The third kappa shape index (κ3) is 4.38. The van der Waals surface area contributed by atoms with Gasteiger partial charge in [0, 0.05) is 36.4 Å². The van der Waals surface area contributed by atoms with Gasteiger partial charge in [0.15, 0.2) is 29.3 Å². The molecule has 5 N–H and O–H groups in total. The lowest BCUT2D eigenvalue weighted by Gasteiger charge is -2.16. The molecule has 0 fully saturated rings. The van der Waals surface area contributed by atoms with Gasteiger partial charge in [0.2, 0.25) is 0 Å². The largest absolute Gasteiger partial charge is 0.507 e. The first kappa shape index (κ1) is 26.8. The average molecular weight is 591 g/mol. The molecule has 1 aliphatic rings. The van der Waals surface area contributed by atoms with Gasteiger partial charge in [-0.05, 0) is 60.4 Å². The van der Waals surface area contributed by atoms with Crippen molar-refractivity contribution in [3.05, 3.63) is 101 Å². The first-order valence-corrected chi connectivity index (χ1v) is 13.6. The Morgan fingerprint density at radius 2 is 1.93 bits per heavy atom. The average Bonchev–Trinajstić information content (AvgIpc) is 3.76. The predicted molar refractivity (Wildman–Crippen MR) is 157 cm³/mol. The number of nitrogen functional groups attached to an aromatic ring is 1. The van der Waals surface area contributed by atoms with Gasteiger partial charge in [-0.2, -0.15) is 5.10 Å². The van der Waals surface area contributed by atoms with Crippen molar-refractivity contribution in [2.75, 3.05) is 5.73 Å². The molecular weight excluding hydrogens is 567 g/mol. The molecule has 218 valence electrons. The molecule has 7 rings (SSSR count). The first-order valence-electron chi connectivity index (χ1n) is 13.6. The number of amides is 1. The maximum Gasteiger partial charge on any atom is 0.254 e. The smallest absolute Gasteiger partial charge is 0.254 e. The highest BCUT2D eigenvalue weighted by atomic mass is 19.1. The number of carbonyl (C=O) groups excluding carboxylic acids is 2. The normalized spacial score (nSPS) is 14.1. The maximum absolute atomic E-state index is 14.5. The number of nitrogens with two attached hydrogens (primary N) is 1. The number of aromatic hydroxyl groups is 2. The Kier molecular flexibility index (Phi) is 6.27. The molecule has 0 aliphatic heterocycles. The van der Waals surface area contributed by atoms with Crippen LogP contribution in [0.4, 0.5) is 10.2 Å². The van der Waals surface area contributed by atoms with Crippen LogP contribution in [0.1, 0.15) is 44.3 Å². The number of nitrogens with zero attached hydrogens (tertiary/aromatic N) is 6. The van der Waals surface area contributed by atoms with E-state index in [0.29, 0.717) is 47.4 Å². The highest BCUT2D eigenvalue weighted by Crippen LogP contribution is 2.37. The highest BCUT2D eigenvalue weighted by molar-refractivity contribution is 5.97. The number of hydrogen-bond donors (Lipinski definition) is 4. The summed E-state index contributed by atoms with van der Waals surface area (Å²) in [6, 6.07) is 13.9. The van der Waals surface area contributed by atoms with E-state index in [-0.39, 0.29) is 28.5 Å². The third-order valence-electron chi connectivity index (χ3n) is 7.65. The molecule has 0 saturated carbocycles. The molecule has 44 heavy (non-hydrogen) atoms. The van der Waals surface area contributed by atoms with E-state index in [1.54, 1.807) is 36.8 Å². The van der Waals surface area contributed by atoms with E-state index in [1.807, 2.05) is 22.8 Å². The Labute approximate surface area is 248 Å². The summed E-state index contributed by atoms with van der Waals surface area (Å²) >= 11 is 0. The zero-order valence-electron chi connectivity index (χ0n) is 22.8. The van der Waals surface area contributed by atoms with E-state index in [0.717, 1.165) is 23.3 Å². The standard InChI is InChI=1S/C31H23FN8O4/c32-22-13-25(42)17(15-41)12-21(22)31(44)37-23-7-4-16-11-18(5-6-19(16)23)40-28(20-3-1-8-34-27(20)33)36-24-14-26(43)30(38-29(24)40)39-10-2-9-35-39/h1-3,5-6,8-15,23,42-43H,4,7H2,(H2,33,34)(H,37,44)/t23-/m0/s1. The SMILES string of the molecule is Nc1ncccc1-c1nc2cc(O)c(-n3cccn3)nc2n1-c1ccc2c(c1)CC[C@@H]2NC(=O)c1cc(C=O)c(O)cc1F. The van der Waals surface area contributed by atoms with Gasteiger partial charge < -0.3 is 21.3 Å². The lowest BCUT2D eigenvalue weighted by Crippen LogP contribution is -2.28. The third-order valence-corrected chi connectivity index (χ3v) is 7.65. The summed E-state index contributed by atoms with van der Waals surface area (Å²) in [5.41, 5.74) is 9.69. The number of benzene rings is 2. The number of aromatic nitrogens is 6. The Hall–Kier alpha value is -6.11. The van der Waals surface area contributed by atoms with Crippen LogP contribution in [0, 0.1) is 5.82 Å². The fourth-order valence-corrected chi connectivity index (χ4v) is 5.56. The molecule has 0 spiro atoms. The van der Waals surface area contributed by atoms with Gasteiger partial charge in [-0.1, -0.05) is 6.07 Å². The molecule has 0 radical (unpaired) electrons. The van der Waals surface area contributed by atoms with Crippen molar-refractivity contribution >= 4 is 29.2 Å². The zero-order valence-corrected chi connectivity index (χ0v) is 22.8. The number of hydrogen-bond acceptors (Lipinski definition) is 9. The van der Waals surface area contributed by atoms with E-state index >= 15 is 0 Å². The second-order valence-corrected chi connectivity index (χ2v) is 10.3. The summed E-state index contributed by atoms with van der Waals surface area (Å²) in [6.07, 6.45) is 6.38. The van der Waals surface area contributed by atoms with Crippen molar-refractivity contribution in [2.45, 2.75) is 18.9 Å². The minimum Gasteiger partial charge on any atom is -0.507 e. The maximum atomic E-state index is 14.5. The zero-order chi connectivity index (χ0) is 30.5. The van der Waals surface area contributed by atoms with Gasteiger partial charge in [-0.3, -0.25) is 14.2 Å². The van der Waals surface area contributed by atoms with Crippen molar-refractivity contribution < 1.29 is 24.2 Å². The fourth-order valence-electron chi connectivity index (χ4n) is 5.56. The predicted octanol–water partition coefficient (Wildman–Crippen LogP) is 4.03. The number of imidazole rings is 1. The van der Waals surface area contributed by atoms with Gasteiger partial charge in [0.05, 0.1) is 22.7 Å². The van der Waals surface area contributed by atoms with Gasteiger partial charge in [-0.25, -0.2) is 24.0 Å². The quantitative estimate of drug-likeness (QED) is 0.209. The molecule has 0 bridgehead atoms. The molecule has 0 unspecified atom stereocenters. The van der Waals surface area contributed by atoms with Crippen molar-refractivity contribution in [3.8, 4) is 34.4 Å². The van der Waals surface area contributed by atoms with Crippen LogP contribution < -0.4 is 11.1 Å². The molecule has 13 heteroatoms. The monoisotopic (exact) mass is 590 g/mol. The van der Waals surface area contributed by atoms with Crippen LogP contribution in [0.3, 0.4) is 0 Å². The minimum atomic E-state index is -0.929. The van der Waals surface area contributed by atoms with Crippen molar-refractivity contribution in [1.29, 1.82) is 0 Å². The van der Waals surface area contributed by atoms with Crippen molar-refractivity contribution in [3.63, 3.8) is 0 Å². The van der Waals surface area contributed by atoms with E-state index < -0.39 is 23.5 Å². The highest BCUT2D eigenvalue weighted by Gasteiger charge is 2.28. The van der Waals surface area contributed by atoms with E-state index in [1.165, 1.54) is 10.7 Å². The van der Waals surface area contributed by atoms with Gasteiger partial charge in [0.1, 0.15) is 22.9 Å². The summed E-state index contributed by atoms with van der Waals surface area (Å²) in [4.78, 5) is 37.9. The van der Waals surface area contributed by atoms with Crippen molar-refractivity contribution in [2.24, 2.45) is 0 Å². The number of anilines is 1. The van der Waals surface area contributed by atoms with Crippen LogP contribution in [0.25, 0.3) is 34.1 Å². The van der Waals surface area contributed by atoms with E-state index in [4.69, 9.17) is 15.7 Å². The lowest BCUT2D eigenvalue weighted by atomic mass is 10.1. The summed E-state index contributed by atoms with van der Waals surface area (Å²) in [6.45, 7) is 0. The van der Waals surface area contributed by atoms with E-state index in [9.17, 15) is 24.2 Å². The van der Waals surface area contributed by atoms with Crippen LogP contribution >= 0.6 is 0 Å². The lowest BCUT2D eigenvalue weighted by molar-refractivity contribution is 0.0932. The summed E-state index contributed by atoms with van der Waals surface area (Å²) in [7, 11) is 0. The number of phenols is 1. The molecule has 6 aromatic rings. The van der Waals surface area contributed by atoms with Crippen LogP contribution in [0.2, 0.25) is 0 Å². The van der Waals surface area contributed by atoms with Gasteiger partial charge in [0.25, 0.3) is 5.91 Å². The van der Waals surface area contributed by atoms with Crippen LogP contribution in [-0.4, -0.2) is 51.7 Å². The summed E-state index contributed by atoms with van der Waals surface area (Å²) in [5, 5.41) is 27.5. The number of carbonyl (C=O) groups is 2. The number of halogens is 1. The molecule has 4 heterocycles. The van der Waals surface area contributed by atoms with Gasteiger partial charge in [-0.15, -0.1) is 0 Å². The molecule has 1 amide bonds. The molecule has 0 saturated heterocycles. The summed E-state index contributed by atoms with van der Waals surface area (Å²) in [5.74, 6) is -1.31. The number of phenolic OH excluding ortho intramolecular Hbond substituents is 1. The number of aldehydes is 1. The molecule has 1 atom stereocenters. The van der Waals surface area contributed by atoms with Crippen LogP contribution in [0.5, 0.6) is 11.5 Å². The van der Waals surface area contributed by atoms with Gasteiger partial charge >= 0.3 is 0 Å². The Morgan fingerprint density at radius 1 is 1.07 bits per heavy atom. The molecule has 12 nitrogen and oxygen atoms in total. The van der Waals surface area contributed by atoms with Crippen LogP contribution in [0.15, 0.2) is 73.2 Å². The van der Waals surface area contributed by atoms with Crippen molar-refractivity contribution in [1.82, 2.24) is 34.6 Å². The minimum absolute atomic E-state index is 0.102. The Balaban J connectivity index is 1.30. The summed E-state index contributed by atoms with van der Waals surface area (Å²) < 4.78 is 17.8. The number of nitrogens with one attached hydrogen (secondary N) is 1. The van der Waals surface area contributed by atoms with Crippen LogP contribution in [-0.2, 0) is 6.42 Å². The number of fused-ring (bicyclic) bond motifs is 2. The number of pyridine rings is 2. The molecule has 4 aromatic heterocycles. The molecule has 2 aromatic carbocycles. The number of aryl methyl sites for hydroxylation is 1. The molecule has 1 aliphatic carbocycles. The topological polar surface area (TPSA) is 174 Å². The molecular formula is C31H23FN8O4. The Morgan fingerprint density at radius 3 is 2.70 bits per heavy atom. The first-order chi connectivity index (χ1) is 21.3. The second-order valence-electron chi connectivity index (χ2n) is 10.3. The number of rotatable bonds is 6.